The van der Waals surface area contributed by atoms with Crippen molar-refractivity contribution in [3.05, 3.63) is 29.8 Å². The fourth-order valence-corrected chi connectivity index (χ4v) is 4.01. The second kappa shape index (κ2) is 11.7. The number of carbonyl (C=O) groups is 2. The van der Waals surface area contributed by atoms with Crippen molar-refractivity contribution in [2.24, 2.45) is 0 Å². The fourth-order valence-electron chi connectivity index (χ4n) is 2.56. The van der Waals surface area contributed by atoms with Crippen LogP contribution >= 0.6 is 0 Å². The maximum Gasteiger partial charge on any atom is 0.243 e. The summed E-state index contributed by atoms with van der Waals surface area (Å²) in [4.78, 5) is 23.6. The Morgan fingerprint density at radius 1 is 0.889 bits per heavy atom. The zero-order valence-corrected chi connectivity index (χ0v) is 17.3. The van der Waals surface area contributed by atoms with E-state index in [1.165, 1.54) is 4.31 Å². The van der Waals surface area contributed by atoms with Crippen LogP contribution in [0.5, 0.6) is 0 Å². The molecule has 0 unspecified atom stereocenters. The average Bonchev–Trinajstić information content (AvgIpc) is 2.65. The maximum atomic E-state index is 12.4. The van der Waals surface area contributed by atoms with Crippen LogP contribution in [0.3, 0.4) is 0 Å². The molecule has 0 atom stereocenters. The molecule has 0 aromatic heterocycles. The molecule has 0 radical (unpaired) electrons. The van der Waals surface area contributed by atoms with E-state index in [0.29, 0.717) is 39.0 Å². The molecular weight excluding hydrogens is 366 g/mol. The fraction of sp³-hybridized carbons (Fsp3) is 0.579. The highest BCUT2D eigenvalue weighted by atomic mass is 32.2. The summed E-state index contributed by atoms with van der Waals surface area (Å²) < 4.78 is 26.3. The van der Waals surface area contributed by atoms with Crippen molar-refractivity contribution < 1.29 is 18.0 Å². The molecule has 0 aliphatic heterocycles. The monoisotopic (exact) mass is 397 g/mol. The second-order valence-electron chi connectivity index (χ2n) is 6.18. The van der Waals surface area contributed by atoms with Crippen molar-refractivity contribution in [1.29, 1.82) is 0 Å². The lowest BCUT2D eigenvalue weighted by molar-refractivity contribution is -0.122. The molecule has 0 heterocycles. The summed E-state index contributed by atoms with van der Waals surface area (Å²) in [5, 5.41) is 5.48. The van der Waals surface area contributed by atoms with Gasteiger partial charge in [-0.15, -0.1) is 0 Å². The molecule has 0 aliphatic rings. The molecule has 8 heteroatoms. The van der Waals surface area contributed by atoms with E-state index in [2.05, 4.69) is 10.6 Å². The Bertz CT molecular complexity index is 698. The van der Waals surface area contributed by atoms with Crippen LogP contribution in [-0.2, 0) is 26.0 Å². The number of carbonyl (C=O) groups excluding carboxylic acids is 2. The van der Waals surface area contributed by atoms with Crippen molar-refractivity contribution in [3.63, 3.8) is 0 Å². The van der Waals surface area contributed by atoms with E-state index >= 15 is 0 Å². The Morgan fingerprint density at radius 2 is 1.44 bits per heavy atom. The molecule has 2 amide bonds. The molecule has 152 valence electrons. The van der Waals surface area contributed by atoms with Gasteiger partial charge in [0.05, 0.1) is 4.90 Å². The van der Waals surface area contributed by atoms with Gasteiger partial charge in [-0.3, -0.25) is 9.59 Å². The molecule has 0 aliphatic carbocycles. The summed E-state index contributed by atoms with van der Waals surface area (Å²) in [7, 11) is -3.46. The molecule has 0 fully saturated rings. The Hall–Kier alpha value is -1.93. The number of aryl methyl sites for hydroxylation is 1. The first kappa shape index (κ1) is 23.1. The van der Waals surface area contributed by atoms with E-state index in [9.17, 15) is 18.0 Å². The van der Waals surface area contributed by atoms with Crippen LogP contribution < -0.4 is 10.6 Å². The number of hydrogen-bond acceptors (Lipinski definition) is 4. The average molecular weight is 398 g/mol. The van der Waals surface area contributed by atoms with Gasteiger partial charge in [-0.05, 0) is 30.5 Å². The van der Waals surface area contributed by atoms with Crippen molar-refractivity contribution in [2.75, 3.05) is 26.2 Å². The molecule has 7 nitrogen and oxygen atoms in total. The molecule has 1 aromatic carbocycles. The smallest absolute Gasteiger partial charge is 0.243 e. The number of amides is 2. The molecule has 0 saturated heterocycles. The highest BCUT2D eigenvalue weighted by Gasteiger charge is 2.21. The van der Waals surface area contributed by atoms with E-state index in [0.717, 1.165) is 12.0 Å². The van der Waals surface area contributed by atoms with Gasteiger partial charge in [0, 0.05) is 39.0 Å². The largest absolute Gasteiger partial charge is 0.356 e. The van der Waals surface area contributed by atoms with Crippen molar-refractivity contribution in [1.82, 2.24) is 14.9 Å². The molecule has 2 N–H and O–H groups in total. The van der Waals surface area contributed by atoms with Crippen LogP contribution in [0.4, 0.5) is 0 Å². The van der Waals surface area contributed by atoms with E-state index in [1.807, 2.05) is 20.8 Å². The Morgan fingerprint density at radius 3 is 2.00 bits per heavy atom. The minimum atomic E-state index is -3.46. The molecule has 27 heavy (non-hydrogen) atoms. The van der Waals surface area contributed by atoms with Crippen LogP contribution in [0.25, 0.3) is 0 Å². The van der Waals surface area contributed by atoms with Crippen molar-refractivity contribution >= 4 is 21.8 Å². The van der Waals surface area contributed by atoms with Crippen LogP contribution in [0.2, 0.25) is 0 Å². The Labute approximate surface area is 162 Å². The van der Waals surface area contributed by atoms with Gasteiger partial charge in [-0.2, -0.15) is 4.31 Å². The summed E-state index contributed by atoms with van der Waals surface area (Å²) in [6, 6.07) is 6.64. The van der Waals surface area contributed by atoms with Crippen molar-refractivity contribution in [3.8, 4) is 0 Å². The third-order valence-electron chi connectivity index (χ3n) is 4.15. The number of sulfonamides is 1. The second-order valence-corrected chi connectivity index (χ2v) is 8.12. The normalized spacial score (nSPS) is 11.4. The summed E-state index contributed by atoms with van der Waals surface area (Å²) in [6.07, 6.45) is 1.95. The van der Waals surface area contributed by atoms with Gasteiger partial charge in [0.15, 0.2) is 0 Å². The van der Waals surface area contributed by atoms with E-state index in [1.54, 1.807) is 24.3 Å². The summed E-state index contributed by atoms with van der Waals surface area (Å²) in [5.74, 6) is -0.194. The van der Waals surface area contributed by atoms with Gasteiger partial charge in [0.2, 0.25) is 21.8 Å². The van der Waals surface area contributed by atoms with Crippen LogP contribution in [-0.4, -0.2) is 50.7 Å². The van der Waals surface area contributed by atoms with E-state index < -0.39 is 10.0 Å². The minimum absolute atomic E-state index is 0.0675. The van der Waals surface area contributed by atoms with Gasteiger partial charge in [-0.1, -0.05) is 32.9 Å². The van der Waals surface area contributed by atoms with Crippen LogP contribution in [0.15, 0.2) is 29.2 Å². The van der Waals surface area contributed by atoms with Gasteiger partial charge >= 0.3 is 0 Å². The molecule has 0 spiro atoms. The molecule has 1 rings (SSSR count). The number of rotatable bonds is 12. The molecular formula is C19H31N3O4S. The zero-order chi connectivity index (χ0) is 20.3. The standard InChI is InChI=1S/C19H31N3O4S/c1-4-14-20-19(24)13-15-21-18(23)12-9-16-7-10-17(11-8-16)27(25,26)22(5-2)6-3/h7-8,10-11H,4-6,9,12-15H2,1-3H3,(H,20,24)(H,21,23). The van der Waals surface area contributed by atoms with Gasteiger partial charge in [-0.25, -0.2) is 8.42 Å². The zero-order valence-electron chi connectivity index (χ0n) is 16.5. The highest BCUT2D eigenvalue weighted by Crippen LogP contribution is 2.16. The minimum Gasteiger partial charge on any atom is -0.356 e. The maximum absolute atomic E-state index is 12.4. The van der Waals surface area contributed by atoms with Gasteiger partial charge in [0.25, 0.3) is 0 Å². The summed E-state index contributed by atoms with van der Waals surface area (Å²) in [6.45, 7) is 7.41. The Kier molecular flexibility index (Phi) is 10.0. The molecule has 0 saturated carbocycles. The number of benzene rings is 1. The number of nitrogens with zero attached hydrogens (tertiary/aromatic N) is 1. The lowest BCUT2D eigenvalue weighted by Crippen LogP contribution is -2.31. The van der Waals surface area contributed by atoms with Crippen LogP contribution in [0.1, 0.15) is 45.6 Å². The summed E-state index contributed by atoms with van der Waals surface area (Å²) >= 11 is 0. The third-order valence-corrected chi connectivity index (χ3v) is 6.22. The third kappa shape index (κ3) is 7.68. The number of hydrogen-bond donors (Lipinski definition) is 2. The van der Waals surface area contributed by atoms with E-state index in [4.69, 9.17) is 0 Å². The predicted molar refractivity (Wildman–Crippen MR) is 106 cm³/mol. The Balaban J connectivity index is 2.45. The predicted octanol–water partition coefficient (Wildman–Crippen LogP) is 1.68. The topological polar surface area (TPSA) is 95.6 Å². The quantitative estimate of drug-likeness (QED) is 0.561. The first-order chi connectivity index (χ1) is 12.8. The first-order valence-corrected chi connectivity index (χ1v) is 10.9. The van der Waals surface area contributed by atoms with Gasteiger partial charge in [0.1, 0.15) is 0 Å². The lowest BCUT2D eigenvalue weighted by atomic mass is 10.1. The molecule has 1 aromatic rings. The van der Waals surface area contributed by atoms with Crippen LogP contribution in [0, 0.1) is 0 Å². The van der Waals surface area contributed by atoms with Gasteiger partial charge < -0.3 is 10.6 Å². The highest BCUT2D eigenvalue weighted by molar-refractivity contribution is 7.89. The first-order valence-electron chi connectivity index (χ1n) is 9.47. The summed E-state index contributed by atoms with van der Waals surface area (Å²) in [5.41, 5.74) is 0.893. The lowest BCUT2D eigenvalue weighted by Gasteiger charge is -2.18. The van der Waals surface area contributed by atoms with Crippen molar-refractivity contribution in [2.45, 2.75) is 51.3 Å². The molecule has 0 bridgehead atoms. The number of nitrogens with one attached hydrogen (secondary N) is 2. The van der Waals surface area contributed by atoms with E-state index in [-0.39, 0.29) is 23.1 Å². The SMILES string of the molecule is CCCNC(=O)CCNC(=O)CCc1ccc(S(=O)(=O)N(CC)CC)cc1.